The third-order valence-corrected chi connectivity index (χ3v) is 6.79. The van der Waals surface area contributed by atoms with Crippen LogP contribution in [0.1, 0.15) is 59.1 Å². The predicted molar refractivity (Wildman–Crippen MR) is 129 cm³/mol. The molecule has 0 aliphatic carbocycles. The Bertz CT molecular complexity index is 1210. The van der Waals surface area contributed by atoms with Crippen LogP contribution in [0, 0.1) is 13.8 Å². The Kier molecular flexibility index (Phi) is 6.40. The highest BCUT2D eigenvalue weighted by molar-refractivity contribution is 6.30. The minimum absolute atomic E-state index is 0.135. The van der Waals surface area contributed by atoms with E-state index in [0.717, 1.165) is 42.7 Å². The van der Waals surface area contributed by atoms with E-state index in [1.165, 1.54) is 0 Å². The molecule has 0 spiro atoms. The molecule has 2 aromatic carbocycles. The molecule has 5 nitrogen and oxygen atoms in total. The zero-order valence-electron chi connectivity index (χ0n) is 19.1. The number of hydrogen-bond donors (Lipinski definition) is 0. The maximum atomic E-state index is 13.6. The summed E-state index contributed by atoms with van der Waals surface area (Å²) < 4.78 is 6.08. The Morgan fingerprint density at radius 3 is 2.34 bits per heavy atom. The van der Waals surface area contributed by atoms with Gasteiger partial charge in [-0.25, -0.2) is 0 Å². The lowest BCUT2D eigenvalue weighted by Gasteiger charge is -2.26. The van der Waals surface area contributed by atoms with Crippen molar-refractivity contribution in [3.05, 3.63) is 79.7 Å². The van der Waals surface area contributed by atoms with Crippen molar-refractivity contribution >= 4 is 28.5 Å². The fourth-order valence-corrected chi connectivity index (χ4v) is 4.63. The van der Waals surface area contributed by atoms with Crippen LogP contribution in [0.3, 0.4) is 0 Å². The number of aryl methyl sites for hydroxylation is 2. The van der Waals surface area contributed by atoms with E-state index in [-0.39, 0.29) is 17.1 Å². The van der Waals surface area contributed by atoms with Crippen molar-refractivity contribution in [2.45, 2.75) is 40.2 Å². The third-order valence-electron chi connectivity index (χ3n) is 6.54. The standard InChI is InChI=1S/C26H29ClN2O3/c1-5-28(6-2)12-7-13-29-23(18-8-10-19(27)11-9-18)22-24(30)20-14-16(3)17(4)15-21(20)32-25(22)26(29)31/h8-11,14-15,23H,5-7,12-13H2,1-4H3. The Morgan fingerprint density at radius 2 is 1.69 bits per heavy atom. The molecule has 3 aromatic rings. The number of carbonyl (C=O) groups is 1. The van der Waals surface area contributed by atoms with Gasteiger partial charge in [-0.2, -0.15) is 0 Å². The van der Waals surface area contributed by atoms with Gasteiger partial charge in [-0.3, -0.25) is 9.59 Å². The molecule has 4 rings (SSSR count). The average molecular weight is 453 g/mol. The van der Waals surface area contributed by atoms with E-state index in [1.54, 1.807) is 17.0 Å². The van der Waals surface area contributed by atoms with Gasteiger partial charge in [0.25, 0.3) is 5.91 Å². The molecule has 1 atom stereocenters. The van der Waals surface area contributed by atoms with Crippen LogP contribution in [-0.4, -0.2) is 41.9 Å². The maximum Gasteiger partial charge on any atom is 0.290 e. The van der Waals surface area contributed by atoms with Gasteiger partial charge in [0.2, 0.25) is 5.76 Å². The van der Waals surface area contributed by atoms with Crippen molar-refractivity contribution in [2.75, 3.05) is 26.2 Å². The monoisotopic (exact) mass is 452 g/mol. The molecule has 1 amide bonds. The molecule has 1 aliphatic rings. The topological polar surface area (TPSA) is 53.8 Å². The molecule has 1 unspecified atom stereocenters. The van der Waals surface area contributed by atoms with E-state index in [0.29, 0.717) is 28.1 Å². The second-order valence-corrected chi connectivity index (χ2v) is 8.88. The first-order chi connectivity index (χ1) is 15.3. The summed E-state index contributed by atoms with van der Waals surface area (Å²) in [4.78, 5) is 31.2. The number of halogens is 1. The zero-order chi connectivity index (χ0) is 23.0. The van der Waals surface area contributed by atoms with Crippen molar-refractivity contribution in [3.8, 4) is 0 Å². The smallest absolute Gasteiger partial charge is 0.290 e. The zero-order valence-corrected chi connectivity index (χ0v) is 19.8. The number of amides is 1. The van der Waals surface area contributed by atoms with Gasteiger partial charge in [0, 0.05) is 11.6 Å². The summed E-state index contributed by atoms with van der Waals surface area (Å²) in [7, 11) is 0. The summed E-state index contributed by atoms with van der Waals surface area (Å²) in [6, 6.07) is 10.6. The van der Waals surface area contributed by atoms with Gasteiger partial charge < -0.3 is 14.2 Å². The number of hydrogen-bond acceptors (Lipinski definition) is 4. The molecule has 1 aliphatic heterocycles. The highest BCUT2D eigenvalue weighted by Gasteiger charge is 2.42. The average Bonchev–Trinajstić information content (AvgIpc) is 3.05. The molecule has 0 bridgehead atoms. The van der Waals surface area contributed by atoms with Gasteiger partial charge in [0.1, 0.15) is 5.58 Å². The van der Waals surface area contributed by atoms with Crippen LogP contribution in [0.5, 0.6) is 0 Å². The summed E-state index contributed by atoms with van der Waals surface area (Å²) in [6.07, 6.45) is 0.817. The first-order valence-electron chi connectivity index (χ1n) is 11.2. The van der Waals surface area contributed by atoms with Crippen LogP contribution < -0.4 is 5.43 Å². The lowest BCUT2D eigenvalue weighted by molar-refractivity contribution is 0.0720. The minimum atomic E-state index is -0.478. The molecule has 6 heteroatoms. The Hall–Kier alpha value is -2.63. The highest BCUT2D eigenvalue weighted by Crippen LogP contribution is 2.38. The second-order valence-electron chi connectivity index (χ2n) is 8.44. The lowest BCUT2D eigenvalue weighted by atomic mass is 9.97. The summed E-state index contributed by atoms with van der Waals surface area (Å²) >= 11 is 6.11. The number of nitrogens with zero attached hydrogens (tertiary/aromatic N) is 2. The largest absolute Gasteiger partial charge is 0.450 e. The van der Waals surface area contributed by atoms with Gasteiger partial charge in [0.15, 0.2) is 5.43 Å². The molecule has 0 saturated carbocycles. The van der Waals surface area contributed by atoms with Crippen LogP contribution in [-0.2, 0) is 0 Å². The normalized spacial score (nSPS) is 15.8. The lowest BCUT2D eigenvalue weighted by Crippen LogP contribution is -2.33. The molecule has 0 N–H and O–H groups in total. The van der Waals surface area contributed by atoms with Crippen molar-refractivity contribution < 1.29 is 9.21 Å². The van der Waals surface area contributed by atoms with Gasteiger partial charge in [0.05, 0.1) is 17.0 Å². The molecule has 2 heterocycles. The number of carbonyl (C=O) groups excluding carboxylic acids is 1. The fourth-order valence-electron chi connectivity index (χ4n) is 4.50. The van der Waals surface area contributed by atoms with Gasteiger partial charge >= 0.3 is 0 Å². The SMILES string of the molecule is CCN(CC)CCCN1C(=O)c2oc3cc(C)c(C)cc3c(=O)c2C1c1ccc(Cl)cc1. The molecular weight excluding hydrogens is 424 g/mol. The molecule has 168 valence electrons. The Balaban J connectivity index is 1.82. The minimum Gasteiger partial charge on any atom is -0.450 e. The van der Waals surface area contributed by atoms with E-state index >= 15 is 0 Å². The Labute approximate surface area is 193 Å². The summed E-state index contributed by atoms with van der Waals surface area (Å²) in [6.45, 7) is 11.6. The van der Waals surface area contributed by atoms with Crippen molar-refractivity contribution in [3.63, 3.8) is 0 Å². The maximum absolute atomic E-state index is 13.6. The second kappa shape index (κ2) is 9.08. The van der Waals surface area contributed by atoms with Gasteiger partial charge in [-0.15, -0.1) is 0 Å². The summed E-state index contributed by atoms with van der Waals surface area (Å²) in [5.41, 5.74) is 3.66. The van der Waals surface area contributed by atoms with Crippen LogP contribution in [0.2, 0.25) is 5.02 Å². The number of fused-ring (bicyclic) bond motifs is 2. The molecule has 0 radical (unpaired) electrons. The third kappa shape index (κ3) is 3.96. The molecule has 32 heavy (non-hydrogen) atoms. The number of benzene rings is 2. The van der Waals surface area contributed by atoms with E-state index in [9.17, 15) is 9.59 Å². The molecule has 1 aromatic heterocycles. The first-order valence-corrected chi connectivity index (χ1v) is 11.6. The predicted octanol–water partition coefficient (Wildman–Crippen LogP) is 5.34. The van der Waals surface area contributed by atoms with Gasteiger partial charge in [-0.1, -0.05) is 37.6 Å². The van der Waals surface area contributed by atoms with Crippen LogP contribution >= 0.6 is 11.6 Å². The number of rotatable bonds is 7. The van der Waals surface area contributed by atoms with Crippen molar-refractivity contribution in [1.82, 2.24) is 9.80 Å². The van der Waals surface area contributed by atoms with Crippen molar-refractivity contribution in [2.24, 2.45) is 0 Å². The van der Waals surface area contributed by atoms with E-state index < -0.39 is 6.04 Å². The van der Waals surface area contributed by atoms with E-state index in [2.05, 4.69) is 18.7 Å². The first kappa shape index (κ1) is 22.6. The highest BCUT2D eigenvalue weighted by atomic mass is 35.5. The van der Waals surface area contributed by atoms with Crippen LogP contribution in [0.4, 0.5) is 0 Å². The van der Waals surface area contributed by atoms with Crippen LogP contribution in [0.15, 0.2) is 45.6 Å². The van der Waals surface area contributed by atoms with Crippen LogP contribution in [0.25, 0.3) is 11.0 Å². The summed E-state index contributed by atoms with van der Waals surface area (Å²) in [5.74, 6) is -0.0646. The van der Waals surface area contributed by atoms with E-state index in [1.807, 2.05) is 38.1 Å². The molecule has 0 saturated heterocycles. The fraction of sp³-hybridized carbons (Fsp3) is 0.385. The Morgan fingerprint density at radius 1 is 1.03 bits per heavy atom. The van der Waals surface area contributed by atoms with Crippen molar-refractivity contribution in [1.29, 1.82) is 0 Å². The van der Waals surface area contributed by atoms with E-state index in [4.69, 9.17) is 16.0 Å². The quantitative estimate of drug-likeness (QED) is 0.485. The molecule has 0 fully saturated rings. The molecular formula is C26H29ClN2O3. The van der Waals surface area contributed by atoms with Gasteiger partial charge in [-0.05, 0) is 80.9 Å². The summed E-state index contributed by atoms with van der Waals surface area (Å²) in [5, 5.41) is 1.13.